The highest BCUT2D eigenvalue weighted by Crippen LogP contribution is 2.37. The van der Waals surface area contributed by atoms with E-state index >= 15 is 0 Å². The number of nitrogens with zero attached hydrogens (tertiary/aromatic N) is 2. The highest BCUT2D eigenvalue weighted by atomic mass is 28.3. The van der Waals surface area contributed by atoms with Gasteiger partial charge in [0.1, 0.15) is 6.04 Å². The van der Waals surface area contributed by atoms with E-state index in [-0.39, 0.29) is 11.9 Å². The quantitative estimate of drug-likeness (QED) is 0.186. The van der Waals surface area contributed by atoms with E-state index in [0.29, 0.717) is 5.69 Å². The van der Waals surface area contributed by atoms with Crippen LogP contribution < -0.4 is 20.5 Å². The third kappa shape index (κ3) is 3.76. The maximum absolute atomic E-state index is 14.8. The summed E-state index contributed by atoms with van der Waals surface area (Å²) >= 11 is 0. The largest absolute Gasteiger partial charge is 0.324 e. The summed E-state index contributed by atoms with van der Waals surface area (Å²) in [4.78, 5) is 31.2. The minimum Gasteiger partial charge on any atom is -0.278 e. The predicted octanol–water partition coefficient (Wildman–Crippen LogP) is 4.86. The average molecular weight is 511 g/mol. The second-order valence-electron chi connectivity index (χ2n) is 9.28. The molecule has 1 aliphatic rings. The van der Waals surface area contributed by atoms with Crippen LogP contribution in [0.1, 0.15) is 11.6 Å². The average Bonchev–Trinajstić information content (AvgIpc) is 3.26. The van der Waals surface area contributed by atoms with Crippen LogP contribution in [-0.4, -0.2) is 24.7 Å². The van der Waals surface area contributed by atoms with Crippen molar-refractivity contribution < 1.29 is 9.59 Å². The van der Waals surface area contributed by atoms with Gasteiger partial charge in [0.2, 0.25) is 0 Å². The van der Waals surface area contributed by atoms with Gasteiger partial charge in [-0.25, -0.2) is 4.79 Å². The number of benzene rings is 5. The lowest BCUT2D eigenvalue weighted by Crippen LogP contribution is -2.78. The summed E-state index contributed by atoms with van der Waals surface area (Å²) in [6, 6.07) is 48.1. The Morgan fingerprint density at radius 3 is 1.26 bits per heavy atom. The highest BCUT2D eigenvalue weighted by molar-refractivity contribution is 7.12. The number of carbonyl (C=O) groups is 2. The molecule has 4 nitrogen and oxygen atoms in total. The van der Waals surface area contributed by atoms with Crippen molar-refractivity contribution in [1.82, 2.24) is 4.57 Å². The van der Waals surface area contributed by atoms with Gasteiger partial charge >= 0.3 is 6.03 Å². The van der Waals surface area contributed by atoms with Crippen molar-refractivity contribution in [2.75, 3.05) is 4.90 Å². The molecule has 3 amide bonds. The fourth-order valence-corrected chi connectivity index (χ4v) is 10.2. The standard InChI is InChI=1S/C33H26N2O2Si/c36-32-31(26-16-6-1-7-17-26)34(27-18-8-2-9-19-27)33(37)35(32)38(28-20-10-3-11-21-28,29-22-12-4-13-23-29)30-24-14-5-15-25-30/h1-25,31H. The number of urea groups is 1. The number of hydrogen-bond acceptors (Lipinski definition) is 2. The van der Waals surface area contributed by atoms with Gasteiger partial charge in [-0.05, 0) is 33.3 Å². The Morgan fingerprint density at radius 2 is 0.842 bits per heavy atom. The smallest absolute Gasteiger partial charge is 0.278 e. The summed E-state index contributed by atoms with van der Waals surface area (Å²) < 4.78 is 1.61. The van der Waals surface area contributed by atoms with Gasteiger partial charge in [-0.15, -0.1) is 0 Å². The van der Waals surface area contributed by atoms with E-state index in [2.05, 4.69) is 36.4 Å². The summed E-state index contributed by atoms with van der Waals surface area (Å²) in [6.07, 6.45) is 0. The molecule has 38 heavy (non-hydrogen) atoms. The van der Waals surface area contributed by atoms with Gasteiger partial charge in [0.05, 0.1) is 0 Å². The lowest BCUT2D eigenvalue weighted by molar-refractivity contribution is -0.124. The maximum atomic E-state index is 14.8. The van der Waals surface area contributed by atoms with Gasteiger partial charge in [-0.3, -0.25) is 14.3 Å². The maximum Gasteiger partial charge on any atom is 0.324 e. The Bertz CT molecular complexity index is 1390. The van der Waals surface area contributed by atoms with Gasteiger partial charge in [-0.2, -0.15) is 0 Å². The van der Waals surface area contributed by atoms with Gasteiger partial charge < -0.3 is 0 Å². The first-order valence-corrected chi connectivity index (χ1v) is 14.6. The highest BCUT2D eigenvalue weighted by Gasteiger charge is 2.59. The first kappa shape index (κ1) is 23.6. The topological polar surface area (TPSA) is 40.6 Å². The van der Waals surface area contributed by atoms with Crippen LogP contribution in [0.4, 0.5) is 10.5 Å². The molecule has 5 aromatic rings. The van der Waals surface area contributed by atoms with Gasteiger partial charge in [-0.1, -0.05) is 140 Å². The molecule has 184 valence electrons. The van der Waals surface area contributed by atoms with Crippen LogP contribution in [0.25, 0.3) is 0 Å². The summed E-state index contributed by atoms with van der Waals surface area (Å²) in [5.41, 5.74) is 1.48. The third-order valence-corrected chi connectivity index (χ3v) is 11.8. The zero-order chi connectivity index (χ0) is 26.0. The minimum absolute atomic E-state index is 0.215. The van der Waals surface area contributed by atoms with Crippen LogP contribution in [0.3, 0.4) is 0 Å². The second kappa shape index (κ2) is 9.96. The summed E-state index contributed by atoms with van der Waals surface area (Å²) in [7, 11) is -3.37. The summed E-state index contributed by atoms with van der Waals surface area (Å²) in [6.45, 7) is 0. The van der Waals surface area contributed by atoms with Crippen molar-refractivity contribution in [3.63, 3.8) is 0 Å². The fourth-order valence-electron chi connectivity index (χ4n) is 5.55. The molecule has 1 saturated heterocycles. The molecule has 1 fully saturated rings. The van der Waals surface area contributed by atoms with E-state index in [1.807, 2.05) is 115 Å². The van der Waals surface area contributed by atoms with E-state index in [9.17, 15) is 9.59 Å². The number of hydrogen-bond donors (Lipinski definition) is 0. The molecule has 0 bridgehead atoms. The van der Waals surface area contributed by atoms with Crippen molar-refractivity contribution >= 4 is 41.4 Å². The van der Waals surface area contributed by atoms with Crippen LogP contribution in [0.5, 0.6) is 0 Å². The Morgan fingerprint density at radius 1 is 0.474 bits per heavy atom. The Hall–Kier alpha value is -4.74. The molecule has 1 unspecified atom stereocenters. The number of anilines is 1. The number of imide groups is 1. The molecule has 6 rings (SSSR count). The molecule has 0 aliphatic carbocycles. The molecule has 5 aromatic carbocycles. The summed E-state index contributed by atoms with van der Waals surface area (Å²) in [5.74, 6) is -0.215. The molecule has 0 radical (unpaired) electrons. The lowest BCUT2D eigenvalue weighted by atomic mass is 10.1. The third-order valence-electron chi connectivity index (χ3n) is 7.17. The lowest BCUT2D eigenvalue weighted by Gasteiger charge is -2.39. The number of carbonyl (C=O) groups excluding carboxylic acids is 2. The van der Waals surface area contributed by atoms with Crippen LogP contribution >= 0.6 is 0 Å². The van der Waals surface area contributed by atoms with E-state index in [4.69, 9.17) is 0 Å². The predicted molar refractivity (Wildman–Crippen MR) is 154 cm³/mol. The van der Waals surface area contributed by atoms with E-state index in [1.165, 1.54) is 0 Å². The second-order valence-corrected chi connectivity index (χ2v) is 12.9. The van der Waals surface area contributed by atoms with Gasteiger partial charge in [0, 0.05) is 5.69 Å². The first-order valence-electron chi connectivity index (χ1n) is 12.7. The van der Waals surface area contributed by atoms with E-state index < -0.39 is 14.3 Å². The Labute approximate surface area is 223 Å². The number of amides is 3. The Kier molecular flexibility index (Phi) is 6.20. The molecule has 0 saturated carbocycles. The minimum atomic E-state index is -3.37. The molecule has 0 N–H and O–H groups in total. The molecule has 1 aliphatic heterocycles. The fraction of sp³-hybridized carbons (Fsp3) is 0.0303. The van der Waals surface area contributed by atoms with Crippen LogP contribution in [0.2, 0.25) is 0 Å². The van der Waals surface area contributed by atoms with Crippen molar-refractivity contribution in [1.29, 1.82) is 0 Å². The summed E-state index contributed by atoms with van der Waals surface area (Å²) in [5, 5.41) is 2.92. The molecule has 5 heteroatoms. The SMILES string of the molecule is O=C1C(c2ccccc2)N(c2ccccc2)C(=O)N1[Si](c1ccccc1)(c1ccccc1)c1ccccc1. The normalized spacial score (nSPS) is 15.6. The zero-order valence-corrected chi connectivity index (χ0v) is 21.7. The van der Waals surface area contributed by atoms with Crippen molar-refractivity contribution in [2.45, 2.75) is 6.04 Å². The molecular weight excluding hydrogens is 484 g/mol. The molecule has 0 aromatic heterocycles. The van der Waals surface area contributed by atoms with Crippen molar-refractivity contribution in [2.24, 2.45) is 0 Å². The first-order chi connectivity index (χ1) is 18.7. The van der Waals surface area contributed by atoms with Crippen molar-refractivity contribution in [3.8, 4) is 0 Å². The molecular formula is C33H26N2O2Si. The Balaban J connectivity index is 1.67. The number of para-hydroxylation sites is 1. The molecule has 1 atom stereocenters. The van der Waals surface area contributed by atoms with Crippen LogP contribution in [0.15, 0.2) is 152 Å². The van der Waals surface area contributed by atoms with Gasteiger partial charge in [0.25, 0.3) is 14.1 Å². The zero-order valence-electron chi connectivity index (χ0n) is 20.7. The monoisotopic (exact) mass is 510 g/mol. The van der Waals surface area contributed by atoms with Gasteiger partial charge in [0.15, 0.2) is 0 Å². The molecule has 1 heterocycles. The molecule has 0 spiro atoms. The van der Waals surface area contributed by atoms with Crippen LogP contribution in [0, 0.1) is 0 Å². The van der Waals surface area contributed by atoms with Crippen molar-refractivity contribution in [3.05, 3.63) is 157 Å². The van der Waals surface area contributed by atoms with E-state index in [0.717, 1.165) is 21.1 Å². The van der Waals surface area contributed by atoms with E-state index in [1.54, 1.807) is 9.47 Å². The number of rotatable bonds is 6. The van der Waals surface area contributed by atoms with Crippen LogP contribution in [-0.2, 0) is 4.79 Å².